The number of carbonyl (C=O) groups excluding carboxylic acids is 1. The van der Waals surface area contributed by atoms with E-state index in [1.54, 1.807) is 18.3 Å². The zero-order valence-electron chi connectivity index (χ0n) is 13.4. The van der Waals surface area contributed by atoms with Crippen molar-refractivity contribution in [2.45, 2.75) is 46.5 Å². The molecule has 0 aliphatic heterocycles. The molecule has 118 valence electrons. The molecule has 0 spiro atoms. The molecular weight excluding hydrogens is 286 g/mol. The van der Waals surface area contributed by atoms with E-state index in [2.05, 4.69) is 19.2 Å². The third kappa shape index (κ3) is 4.30. The molecule has 0 fully saturated rings. The Morgan fingerprint density at radius 1 is 1.33 bits per heavy atom. The molecule has 0 saturated heterocycles. The average molecular weight is 311 g/mol. The van der Waals surface area contributed by atoms with Gasteiger partial charge in [-0.05, 0) is 24.3 Å². The first-order chi connectivity index (χ1) is 9.59. The molecule has 1 rings (SSSR count). The number of carbonyl (C=O) groups is 2. The van der Waals surface area contributed by atoms with Crippen molar-refractivity contribution in [1.82, 2.24) is 5.32 Å². The smallest absolute Gasteiger partial charge is 0.310 e. The van der Waals surface area contributed by atoms with Crippen molar-refractivity contribution >= 4 is 23.2 Å². The quantitative estimate of drug-likeness (QED) is 0.812. The van der Waals surface area contributed by atoms with Crippen molar-refractivity contribution in [2.75, 3.05) is 6.54 Å². The molecule has 0 bridgehead atoms. The molecule has 5 heteroatoms. The number of hydrogen-bond donors (Lipinski definition) is 2. The van der Waals surface area contributed by atoms with Crippen molar-refractivity contribution in [3.63, 3.8) is 0 Å². The van der Waals surface area contributed by atoms with Gasteiger partial charge < -0.3 is 10.4 Å². The topological polar surface area (TPSA) is 66.4 Å². The number of carboxylic acid groups (broad SMARTS) is 1. The van der Waals surface area contributed by atoms with Gasteiger partial charge in [0.1, 0.15) is 0 Å². The van der Waals surface area contributed by atoms with Gasteiger partial charge in [0.05, 0.1) is 5.41 Å². The second-order valence-electron chi connectivity index (χ2n) is 6.69. The maximum atomic E-state index is 12.1. The number of thiophene rings is 1. The van der Waals surface area contributed by atoms with Gasteiger partial charge in [-0.1, -0.05) is 33.8 Å². The van der Waals surface area contributed by atoms with Crippen molar-refractivity contribution in [3.8, 4) is 0 Å². The molecule has 0 saturated carbocycles. The van der Waals surface area contributed by atoms with Gasteiger partial charge in [-0.15, -0.1) is 11.3 Å². The first-order valence-electron chi connectivity index (χ1n) is 7.13. The summed E-state index contributed by atoms with van der Waals surface area (Å²) < 4.78 is 0. The lowest BCUT2D eigenvalue weighted by Crippen LogP contribution is -2.42. The van der Waals surface area contributed by atoms with Crippen LogP contribution in [0.1, 0.15) is 45.9 Å². The molecule has 0 aliphatic rings. The lowest BCUT2D eigenvalue weighted by atomic mass is 9.76. The first-order valence-corrected chi connectivity index (χ1v) is 8.01. The molecule has 1 unspecified atom stereocenters. The zero-order valence-corrected chi connectivity index (χ0v) is 14.2. The minimum absolute atomic E-state index is 0.000516. The van der Waals surface area contributed by atoms with Crippen molar-refractivity contribution in [1.29, 1.82) is 0 Å². The van der Waals surface area contributed by atoms with Crippen LogP contribution in [0.2, 0.25) is 0 Å². The van der Waals surface area contributed by atoms with Gasteiger partial charge >= 0.3 is 5.97 Å². The Morgan fingerprint density at radius 2 is 1.95 bits per heavy atom. The maximum Gasteiger partial charge on any atom is 0.310 e. The van der Waals surface area contributed by atoms with Gasteiger partial charge in [0.2, 0.25) is 5.91 Å². The summed E-state index contributed by atoms with van der Waals surface area (Å²) in [5.74, 6) is -1.24. The van der Waals surface area contributed by atoms with Crippen LogP contribution in [0.3, 0.4) is 0 Å². The molecule has 1 heterocycles. The van der Waals surface area contributed by atoms with Crippen LogP contribution in [0, 0.1) is 11.3 Å². The van der Waals surface area contributed by atoms with E-state index in [0.717, 1.165) is 0 Å². The van der Waals surface area contributed by atoms with Gasteiger partial charge in [0.15, 0.2) is 0 Å². The Balaban J connectivity index is 2.64. The number of carboxylic acids is 1. The largest absolute Gasteiger partial charge is 0.481 e. The highest BCUT2D eigenvalue weighted by molar-refractivity contribution is 7.10. The van der Waals surface area contributed by atoms with Gasteiger partial charge in [-0.25, -0.2) is 0 Å². The number of hydrogen-bond acceptors (Lipinski definition) is 3. The van der Waals surface area contributed by atoms with Crippen LogP contribution in [0.25, 0.3) is 0 Å². The van der Waals surface area contributed by atoms with Crippen LogP contribution < -0.4 is 5.32 Å². The molecule has 0 radical (unpaired) electrons. The van der Waals surface area contributed by atoms with Crippen LogP contribution in [0.4, 0.5) is 0 Å². The van der Waals surface area contributed by atoms with E-state index in [4.69, 9.17) is 0 Å². The van der Waals surface area contributed by atoms with Crippen LogP contribution >= 0.6 is 11.3 Å². The summed E-state index contributed by atoms with van der Waals surface area (Å²) in [4.78, 5) is 24.7. The summed E-state index contributed by atoms with van der Waals surface area (Å²) in [5, 5.41) is 14.2. The van der Waals surface area contributed by atoms with E-state index in [0.29, 0.717) is 6.54 Å². The third-order valence-corrected chi connectivity index (χ3v) is 5.44. The van der Waals surface area contributed by atoms with Gasteiger partial charge in [0.25, 0.3) is 0 Å². The molecule has 1 amide bonds. The van der Waals surface area contributed by atoms with Crippen molar-refractivity contribution in [2.24, 2.45) is 11.3 Å². The summed E-state index contributed by atoms with van der Waals surface area (Å²) >= 11 is 1.66. The number of amides is 1. The second-order valence-corrected chi connectivity index (χ2v) is 7.64. The summed E-state index contributed by atoms with van der Waals surface area (Å²) in [6.45, 7) is 9.92. The standard InChI is InChI=1S/C16H25NO3S/c1-11(2)16(5,14(19)20)9-13(18)17-10-15(3,4)12-7-6-8-21-12/h6-8,11H,9-10H2,1-5H3,(H,17,18)(H,19,20). The molecular formula is C16H25NO3S. The zero-order chi connectivity index (χ0) is 16.3. The molecule has 0 aromatic carbocycles. The van der Waals surface area contributed by atoms with Crippen LogP contribution in [0.15, 0.2) is 17.5 Å². The van der Waals surface area contributed by atoms with E-state index < -0.39 is 11.4 Å². The lowest BCUT2D eigenvalue weighted by molar-refractivity contribution is -0.153. The van der Waals surface area contributed by atoms with Gasteiger partial charge in [0, 0.05) is 23.3 Å². The molecule has 4 nitrogen and oxygen atoms in total. The lowest BCUT2D eigenvalue weighted by Gasteiger charge is -2.29. The summed E-state index contributed by atoms with van der Waals surface area (Å²) in [7, 11) is 0. The Labute approximate surface area is 130 Å². The minimum Gasteiger partial charge on any atom is -0.481 e. The average Bonchev–Trinajstić information content (AvgIpc) is 2.90. The highest BCUT2D eigenvalue weighted by atomic mass is 32.1. The Morgan fingerprint density at radius 3 is 2.38 bits per heavy atom. The van der Waals surface area contributed by atoms with Crippen LogP contribution in [0.5, 0.6) is 0 Å². The summed E-state index contributed by atoms with van der Waals surface area (Å²) in [6.07, 6.45) is 0.000516. The van der Waals surface area contributed by atoms with Crippen LogP contribution in [-0.2, 0) is 15.0 Å². The maximum absolute atomic E-state index is 12.1. The number of rotatable bonds is 7. The van der Waals surface area contributed by atoms with Gasteiger partial charge in [-0.2, -0.15) is 0 Å². The highest BCUT2D eigenvalue weighted by Crippen LogP contribution is 2.31. The monoisotopic (exact) mass is 311 g/mol. The molecule has 0 aliphatic carbocycles. The van der Waals surface area contributed by atoms with Gasteiger partial charge in [-0.3, -0.25) is 9.59 Å². The number of aliphatic carboxylic acids is 1. The SMILES string of the molecule is CC(C)C(C)(CC(=O)NCC(C)(C)c1cccs1)C(=O)O. The number of nitrogens with one attached hydrogen (secondary N) is 1. The van der Waals surface area contributed by atoms with E-state index in [9.17, 15) is 14.7 Å². The van der Waals surface area contributed by atoms with E-state index in [-0.39, 0.29) is 23.7 Å². The van der Waals surface area contributed by atoms with E-state index in [1.165, 1.54) is 4.88 Å². The third-order valence-electron chi connectivity index (χ3n) is 4.21. The second kappa shape index (κ2) is 6.60. The fourth-order valence-corrected chi connectivity index (χ4v) is 2.85. The van der Waals surface area contributed by atoms with Crippen LogP contribution in [-0.4, -0.2) is 23.5 Å². The summed E-state index contributed by atoms with van der Waals surface area (Å²) in [6, 6.07) is 4.04. The molecule has 2 N–H and O–H groups in total. The summed E-state index contributed by atoms with van der Waals surface area (Å²) in [5.41, 5.74) is -1.18. The van der Waals surface area contributed by atoms with E-state index >= 15 is 0 Å². The Kier molecular flexibility index (Phi) is 5.56. The highest BCUT2D eigenvalue weighted by Gasteiger charge is 2.39. The Hall–Kier alpha value is -1.36. The molecule has 1 atom stereocenters. The fraction of sp³-hybridized carbons (Fsp3) is 0.625. The molecule has 1 aromatic rings. The van der Waals surface area contributed by atoms with E-state index in [1.807, 2.05) is 31.4 Å². The first kappa shape index (κ1) is 17.7. The van der Waals surface area contributed by atoms with Crippen molar-refractivity contribution in [3.05, 3.63) is 22.4 Å². The minimum atomic E-state index is -1.03. The normalized spacial score (nSPS) is 14.8. The predicted molar refractivity (Wildman–Crippen MR) is 85.6 cm³/mol. The molecule has 1 aromatic heterocycles. The fourth-order valence-electron chi connectivity index (χ4n) is 1.99. The predicted octanol–water partition coefficient (Wildman–Crippen LogP) is 3.28. The Bertz CT molecular complexity index is 494. The van der Waals surface area contributed by atoms with Crippen molar-refractivity contribution < 1.29 is 14.7 Å². The molecule has 21 heavy (non-hydrogen) atoms.